The molecule has 1 aromatic rings. The summed E-state index contributed by atoms with van der Waals surface area (Å²) in [6.07, 6.45) is 1.07. The lowest BCUT2D eigenvalue weighted by molar-refractivity contribution is -0.118. The summed E-state index contributed by atoms with van der Waals surface area (Å²) in [4.78, 5) is 11.7. The minimum atomic E-state index is 0.260. The van der Waals surface area contributed by atoms with E-state index in [-0.39, 0.29) is 5.78 Å². The first-order valence-electron chi connectivity index (χ1n) is 5.73. The largest absolute Gasteiger partial charge is 0.314 e. The van der Waals surface area contributed by atoms with Crippen LogP contribution in [0.15, 0.2) is 6.07 Å². The van der Waals surface area contributed by atoms with Crippen LogP contribution in [-0.4, -0.2) is 28.2 Å². The first-order chi connectivity index (χ1) is 7.49. The molecule has 0 amide bonds. The number of nitrogens with one attached hydrogen (secondary N) is 1. The second-order valence-corrected chi connectivity index (χ2v) is 4.47. The van der Waals surface area contributed by atoms with Gasteiger partial charge >= 0.3 is 0 Å². The van der Waals surface area contributed by atoms with Gasteiger partial charge in [-0.05, 0) is 13.0 Å². The Hall–Kier alpha value is -1.16. The fraction of sp³-hybridized carbons (Fsp3) is 0.667. The minimum absolute atomic E-state index is 0.260. The molecule has 0 bridgehead atoms. The van der Waals surface area contributed by atoms with E-state index in [4.69, 9.17) is 0 Å². The Kier molecular flexibility index (Phi) is 4.68. The molecule has 0 saturated heterocycles. The monoisotopic (exact) mass is 223 g/mol. The van der Waals surface area contributed by atoms with E-state index in [2.05, 4.69) is 24.3 Å². The Morgan fingerprint density at radius 1 is 1.56 bits per heavy atom. The summed E-state index contributed by atoms with van der Waals surface area (Å²) in [6.45, 7) is 6.85. The van der Waals surface area contributed by atoms with Crippen molar-refractivity contribution in [3.05, 3.63) is 17.5 Å². The summed E-state index contributed by atoms with van der Waals surface area (Å²) in [7, 11) is 1.88. The van der Waals surface area contributed by atoms with Gasteiger partial charge in [0.15, 0.2) is 0 Å². The number of hydrogen-bond donors (Lipinski definition) is 1. The van der Waals surface area contributed by atoms with Crippen molar-refractivity contribution in [2.75, 3.05) is 6.54 Å². The van der Waals surface area contributed by atoms with E-state index in [0.29, 0.717) is 18.9 Å². The van der Waals surface area contributed by atoms with Crippen molar-refractivity contribution in [2.45, 2.75) is 39.7 Å². The second kappa shape index (κ2) is 5.80. The third-order valence-electron chi connectivity index (χ3n) is 2.43. The number of ketones is 1. The highest BCUT2D eigenvalue weighted by Crippen LogP contribution is 2.04. The van der Waals surface area contributed by atoms with Gasteiger partial charge in [0, 0.05) is 38.2 Å². The van der Waals surface area contributed by atoms with Gasteiger partial charge in [0.05, 0.1) is 5.69 Å². The van der Waals surface area contributed by atoms with Crippen LogP contribution in [-0.2, 0) is 18.3 Å². The van der Waals surface area contributed by atoms with E-state index < -0.39 is 0 Å². The second-order valence-electron chi connectivity index (χ2n) is 4.47. The van der Waals surface area contributed by atoms with Gasteiger partial charge in [0.2, 0.25) is 0 Å². The number of Topliss-reactive ketones (excluding diaryl/α,β-unsaturated/α-hetero) is 1. The topological polar surface area (TPSA) is 46.9 Å². The molecule has 0 atom stereocenters. The van der Waals surface area contributed by atoms with Gasteiger partial charge in [-0.25, -0.2) is 0 Å². The summed E-state index contributed by atoms with van der Waals surface area (Å²) < 4.78 is 1.78. The number of carbonyl (C=O) groups excluding carboxylic acids is 1. The molecule has 1 N–H and O–H groups in total. The van der Waals surface area contributed by atoms with E-state index in [9.17, 15) is 4.79 Å². The molecule has 0 spiro atoms. The van der Waals surface area contributed by atoms with E-state index in [1.165, 1.54) is 0 Å². The van der Waals surface area contributed by atoms with Crippen molar-refractivity contribution in [1.82, 2.24) is 15.1 Å². The Labute approximate surface area is 97.0 Å². The molecule has 90 valence electrons. The lowest BCUT2D eigenvalue weighted by Crippen LogP contribution is -2.25. The number of hydrogen-bond acceptors (Lipinski definition) is 3. The molecule has 0 radical (unpaired) electrons. The molecular weight excluding hydrogens is 202 g/mol. The normalized spacial score (nSPS) is 11.1. The molecule has 0 aliphatic rings. The van der Waals surface area contributed by atoms with Gasteiger partial charge in [-0.2, -0.15) is 5.10 Å². The van der Waals surface area contributed by atoms with E-state index in [0.717, 1.165) is 17.9 Å². The smallest absolute Gasteiger partial charge is 0.140 e. The Morgan fingerprint density at radius 2 is 2.25 bits per heavy atom. The predicted molar refractivity (Wildman–Crippen MR) is 64.4 cm³/mol. The fourth-order valence-electron chi connectivity index (χ4n) is 1.62. The van der Waals surface area contributed by atoms with Crippen LogP contribution in [0, 0.1) is 6.92 Å². The van der Waals surface area contributed by atoms with Gasteiger partial charge in [0.25, 0.3) is 0 Å². The van der Waals surface area contributed by atoms with Crippen LogP contribution in [0.3, 0.4) is 0 Å². The zero-order valence-corrected chi connectivity index (χ0v) is 10.6. The van der Waals surface area contributed by atoms with Crippen molar-refractivity contribution in [3.63, 3.8) is 0 Å². The maximum Gasteiger partial charge on any atom is 0.140 e. The van der Waals surface area contributed by atoms with Crippen LogP contribution < -0.4 is 5.32 Å². The van der Waals surface area contributed by atoms with Crippen molar-refractivity contribution in [1.29, 1.82) is 0 Å². The van der Waals surface area contributed by atoms with Gasteiger partial charge < -0.3 is 5.32 Å². The Balaban J connectivity index is 2.37. The summed E-state index contributed by atoms with van der Waals surface area (Å²) in [5, 5.41) is 7.46. The van der Waals surface area contributed by atoms with Crippen molar-refractivity contribution in [3.8, 4) is 0 Å². The van der Waals surface area contributed by atoms with Gasteiger partial charge in [-0.15, -0.1) is 0 Å². The molecule has 0 aliphatic carbocycles. The molecule has 1 heterocycles. The predicted octanol–water partition coefficient (Wildman–Crippen LogP) is 1.23. The van der Waals surface area contributed by atoms with Crippen molar-refractivity contribution < 1.29 is 4.79 Å². The third kappa shape index (κ3) is 4.14. The summed E-state index contributed by atoms with van der Waals surface area (Å²) in [5.74, 6) is 0.260. The number of nitrogens with zero attached hydrogens (tertiary/aromatic N) is 2. The molecule has 0 aromatic carbocycles. The maximum atomic E-state index is 11.7. The van der Waals surface area contributed by atoms with Crippen LogP contribution in [0.5, 0.6) is 0 Å². The van der Waals surface area contributed by atoms with Crippen LogP contribution in [0.25, 0.3) is 0 Å². The first kappa shape index (κ1) is 12.9. The van der Waals surface area contributed by atoms with E-state index in [1.54, 1.807) is 4.68 Å². The highest BCUT2D eigenvalue weighted by Gasteiger charge is 2.08. The molecule has 4 heteroatoms. The number of aromatic nitrogens is 2. The number of aryl methyl sites for hydroxylation is 2. The highest BCUT2D eigenvalue weighted by atomic mass is 16.1. The van der Waals surface area contributed by atoms with Gasteiger partial charge in [-0.1, -0.05) is 13.8 Å². The summed E-state index contributed by atoms with van der Waals surface area (Å²) in [6, 6.07) is 2.40. The molecule has 1 aromatic heterocycles. The molecule has 16 heavy (non-hydrogen) atoms. The highest BCUT2D eigenvalue weighted by molar-refractivity contribution is 5.80. The summed E-state index contributed by atoms with van der Waals surface area (Å²) in [5.41, 5.74) is 1.96. The zero-order valence-electron chi connectivity index (χ0n) is 10.6. The molecule has 0 saturated carbocycles. The molecule has 0 fully saturated rings. The van der Waals surface area contributed by atoms with Crippen LogP contribution >= 0.6 is 0 Å². The first-order valence-corrected chi connectivity index (χ1v) is 5.73. The van der Waals surface area contributed by atoms with Crippen molar-refractivity contribution in [2.24, 2.45) is 7.05 Å². The van der Waals surface area contributed by atoms with Crippen molar-refractivity contribution >= 4 is 5.78 Å². The maximum absolute atomic E-state index is 11.7. The lowest BCUT2D eigenvalue weighted by Gasteiger charge is -2.07. The summed E-state index contributed by atoms with van der Waals surface area (Å²) >= 11 is 0. The van der Waals surface area contributed by atoms with E-state index >= 15 is 0 Å². The van der Waals surface area contributed by atoms with Crippen LogP contribution in [0.1, 0.15) is 31.7 Å². The average molecular weight is 223 g/mol. The standard InChI is InChI=1S/C12H21N3O/c1-9(2)13-6-5-12(16)8-11-7-10(3)14-15(11)4/h7,9,13H,5-6,8H2,1-4H3. The van der Waals surface area contributed by atoms with Crippen LogP contribution in [0.4, 0.5) is 0 Å². The number of carbonyl (C=O) groups is 1. The molecule has 0 unspecified atom stereocenters. The zero-order chi connectivity index (χ0) is 12.1. The number of rotatable bonds is 6. The quantitative estimate of drug-likeness (QED) is 0.789. The SMILES string of the molecule is Cc1cc(CC(=O)CCNC(C)C)n(C)n1. The molecule has 1 rings (SSSR count). The average Bonchev–Trinajstić information content (AvgIpc) is 2.44. The molecule has 4 nitrogen and oxygen atoms in total. The Morgan fingerprint density at radius 3 is 2.75 bits per heavy atom. The van der Waals surface area contributed by atoms with Gasteiger partial charge in [-0.3, -0.25) is 9.48 Å². The third-order valence-corrected chi connectivity index (χ3v) is 2.43. The molecular formula is C12H21N3O. The molecule has 0 aliphatic heterocycles. The van der Waals surface area contributed by atoms with E-state index in [1.807, 2.05) is 20.0 Å². The van der Waals surface area contributed by atoms with Gasteiger partial charge in [0.1, 0.15) is 5.78 Å². The fourth-order valence-corrected chi connectivity index (χ4v) is 1.62. The minimum Gasteiger partial charge on any atom is -0.314 e. The lowest BCUT2D eigenvalue weighted by atomic mass is 10.1. The Bertz CT molecular complexity index is 355. The van der Waals surface area contributed by atoms with Crippen LogP contribution in [0.2, 0.25) is 0 Å².